The lowest BCUT2D eigenvalue weighted by Crippen LogP contribution is -2.01. The van der Waals surface area contributed by atoms with E-state index >= 15 is 0 Å². The molecule has 0 aliphatic rings. The van der Waals surface area contributed by atoms with Crippen molar-refractivity contribution < 1.29 is 9.84 Å². The van der Waals surface area contributed by atoms with Gasteiger partial charge in [0.2, 0.25) is 0 Å². The van der Waals surface area contributed by atoms with E-state index in [1.54, 1.807) is 12.1 Å². The summed E-state index contributed by atoms with van der Waals surface area (Å²) < 4.78 is 5.00. The molecule has 2 aromatic carbocycles. The van der Waals surface area contributed by atoms with Crippen molar-refractivity contribution in [1.29, 1.82) is 0 Å². The summed E-state index contributed by atoms with van der Waals surface area (Å²) in [4.78, 5) is 0. The number of halogens is 1. The molecule has 100 valence electrons. The second-order valence-electron chi connectivity index (χ2n) is 4.31. The Morgan fingerprint density at radius 1 is 1.21 bits per heavy atom. The molecule has 0 aliphatic heterocycles. The molecule has 2 aromatic rings. The number of nitrogens with one attached hydrogen (secondary N) is 1. The third-order valence-electron chi connectivity index (χ3n) is 2.97. The van der Waals surface area contributed by atoms with Crippen LogP contribution in [0, 0.1) is 6.92 Å². The summed E-state index contributed by atoms with van der Waals surface area (Å²) in [6.45, 7) is 2.70. The standard InChI is InChI=1S/C15H16ClNO2/c1-10-7-12(16)4-3-11(10)9-17-13-5-6-15(19-2)14(18)8-13/h3-8,17-18H,9H2,1-2H3. The molecule has 2 N–H and O–H groups in total. The highest BCUT2D eigenvalue weighted by Crippen LogP contribution is 2.28. The van der Waals surface area contributed by atoms with Crippen LogP contribution in [0.5, 0.6) is 11.5 Å². The number of aryl methyl sites for hydroxylation is 1. The summed E-state index contributed by atoms with van der Waals surface area (Å²) in [6, 6.07) is 11.0. The Kier molecular flexibility index (Phi) is 4.17. The molecule has 0 atom stereocenters. The molecule has 19 heavy (non-hydrogen) atoms. The Morgan fingerprint density at radius 3 is 2.63 bits per heavy atom. The molecule has 0 bridgehead atoms. The van der Waals surface area contributed by atoms with Gasteiger partial charge in [0, 0.05) is 23.3 Å². The normalized spacial score (nSPS) is 10.3. The predicted octanol–water partition coefficient (Wildman–Crippen LogP) is 3.97. The first-order valence-corrected chi connectivity index (χ1v) is 6.34. The lowest BCUT2D eigenvalue weighted by Gasteiger charge is -2.11. The molecule has 0 aromatic heterocycles. The predicted molar refractivity (Wildman–Crippen MR) is 78.2 cm³/mol. The minimum atomic E-state index is 0.125. The zero-order valence-corrected chi connectivity index (χ0v) is 11.7. The zero-order chi connectivity index (χ0) is 13.8. The van der Waals surface area contributed by atoms with Crippen LogP contribution in [0.1, 0.15) is 11.1 Å². The van der Waals surface area contributed by atoms with Gasteiger partial charge in [0.25, 0.3) is 0 Å². The minimum Gasteiger partial charge on any atom is -0.504 e. The molecule has 0 fully saturated rings. The number of benzene rings is 2. The van der Waals surface area contributed by atoms with Crippen LogP contribution in [0.3, 0.4) is 0 Å². The molecule has 2 rings (SSSR count). The molecule has 3 nitrogen and oxygen atoms in total. The number of hydrogen-bond donors (Lipinski definition) is 2. The van der Waals surface area contributed by atoms with Gasteiger partial charge in [-0.15, -0.1) is 0 Å². The largest absolute Gasteiger partial charge is 0.504 e. The summed E-state index contributed by atoms with van der Waals surface area (Å²) in [7, 11) is 1.53. The first-order chi connectivity index (χ1) is 9.10. The quantitative estimate of drug-likeness (QED) is 0.888. The molecule has 0 saturated carbocycles. The van der Waals surface area contributed by atoms with E-state index in [-0.39, 0.29) is 5.75 Å². The third-order valence-corrected chi connectivity index (χ3v) is 3.20. The number of rotatable bonds is 4. The summed E-state index contributed by atoms with van der Waals surface area (Å²) in [5.74, 6) is 0.591. The van der Waals surface area contributed by atoms with Crippen molar-refractivity contribution in [1.82, 2.24) is 0 Å². The molecular weight excluding hydrogens is 262 g/mol. The van der Waals surface area contributed by atoms with Gasteiger partial charge in [0.1, 0.15) is 0 Å². The number of phenolic OH excluding ortho intramolecular Hbond substituents is 1. The average Bonchev–Trinajstić information content (AvgIpc) is 2.38. The number of aromatic hydroxyl groups is 1. The number of phenols is 1. The minimum absolute atomic E-state index is 0.125. The number of anilines is 1. The Labute approximate surface area is 117 Å². The van der Waals surface area contributed by atoms with Crippen molar-refractivity contribution in [2.24, 2.45) is 0 Å². The van der Waals surface area contributed by atoms with Gasteiger partial charge >= 0.3 is 0 Å². The van der Waals surface area contributed by atoms with E-state index in [1.807, 2.05) is 31.2 Å². The SMILES string of the molecule is COc1ccc(NCc2ccc(Cl)cc2C)cc1O. The van der Waals surface area contributed by atoms with E-state index in [2.05, 4.69) is 5.32 Å². The highest BCUT2D eigenvalue weighted by Gasteiger charge is 2.03. The molecule has 0 amide bonds. The summed E-state index contributed by atoms with van der Waals surface area (Å²) in [5.41, 5.74) is 3.14. The maximum Gasteiger partial charge on any atom is 0.160 e. The fourth-order valence-electron chi connectivity index (χ4n) is 1.85. The van der Waals surface area contributed by atoms with Gasteiger partial charge in [-0.05, 0) is 42.3 Å². The van der Waals surface area contributed by atoms with Gasteiger partial charge in [-0.2, -0.15) is 0 Å². The van der Waals surface area contributed by atoms with Gasteiger partial charge < -0.3 is 15.2 Å². The van der Waals surface area contributed by atoms with Crippen LogP contribution in [0.4, 0.5) is 5.69 Å². The highest BCUT2D eigenvalue weighted by atomic mass is 35.5. The Bertz CT molecular complexity index is 584. The molecular formula is C15H16ClNO2. The van der Waals surface area contributed by atoms with Gasteiger partial charge in [0.15, 0.2) is 11.5 Å². The Balaban J connectivity index is 2.08. The van der Waals surface area contributed by atoms with Gasteiger partial charge in [-0.3, -0.25) is 0 Å². The Morgan fingerprint density at radius 2 is 2.00 bits per heavy atom. The maximum absolute atomic E-state index is 9.70. The number of hydrogen-bond acceptors (Lipinski definition) is 3. The van der Waals surface area contributed by atoms with Crippen LogP contribution in [0.15, 0.2) is 36.4 Å². The van der Waals surface area contributed by atoms with Crippen LogP contribution in [-0.4, -0.2) is 12.2 Å². The molecule has 0 unspecified atom stereocenters. The molecule has 0 radical (unpaired) electrons. The van der Waals surface area contributed by atoms with E-state index < -0.39 is 0 Å². The summed E-state index contributed by atoms with van der Waals surface area (Å²) in [6.07, 6.45) is 0. The zero-order valence-electron chi connectivity index (χ0n) is 10.9. The van der Waals surface area contributed by atoms with Gasteiger partial charge in [-0.25, -0.2) is 0 Å². The lowest BCUT2D eigenvalue weighted by molar-refractivity contribution is 0.373. The topological polar surface area (TPSA) is 41.5 Å². The van der Waals surface area contributed by atoms with E-state index in [0.717, 1.165) is 16.3 Å². The first kappa shape index (κ1) is 13.6. The second-order valence-corrected chi connectivity index (χ2v) is 4.75. The molecule has 0 heterocycles. The van der Waals surface area contributed by atoms with Crippen LogP contribution in [-0.2, 0) is 6.54 Å². The van der Waals surface area contributed by atoms with E-state index in [4.69, 9.17) is 16.3 Å². The van der Waals surface area contributed by atoms with Crippen LogP contribution in [0.2, 0.25) is 5.02 Å². The maximum atomic E-state index is 9.70. The van der Waals surface area contributed by atoms with Crippen LogP contribution >= 0.6 is 11.6 Å². The van der Waals surface area contributed by atoms with Crippen molar-refractivity contribution in [3.63, 3.8) is 0 Å². The van der Waals surface area contributed by atoms with Crippen LogP contribution < -0.4 is 10.1 Å². The molecule has 0 saturated heterocycles. The van der Waals surface area contributed by atoms with Gasteiger partial charge in [-0.1, -0.05) is 17.7 Å². The first-order valence-electron chi connectivity index (χ1n) is 5.96. The van der Waals surface area contributed by atoms with Gasteiger partial charge in [0.05, 0.1) is 7.11 Å². The fraction of sp³-hybridized carbons (Fsp3) is 0.200. The smallest absolute Gasteiger partial charge is 0.160 e. The Hall–Kier alpha value is -1.87. The van der Waals surface area contributed by atoms with E-state index in [0.29, 0.717) is 12.3 Å². The number of ether oxygens (including phenoxy) is 1. The molecule has 4 heteroatoms. The summed E-state index contributed by atoms with van der Waals surface area (Å²) in [5, 5.41) is 13.7. The summed E-state index contributed by atoms with van der Waals surface area (Å²) >= 11 is 5.92. The monoisotopic (exact) mass is 277 g/mol. The molecule has 0 aliphatic carbocycles. The number of methoxy groups -OCH3 is 1. The third kappa shape index (κ3) is 3.32. The average molecular weight is 278 g/mol. The van der Waals surface area contributed by atoms with Crippen molar-refractivity contribution in [3.05, 3.63) is 52.5 Å². The fourth-order valence-corrected chi connectivity index (χ4v) is 2.08. The van der Waals surface area contributed by atoms with Crippen LogP contribution in [0.25, 0.3) is 0 Å². The van der Waals surface area contributed by atoms with Crippen molar-refractivity contribution in [3.8, 4) is 11.5 Å². The molecule has 0 spiro atoms. The lowest BCUT2D eigenvalue weighted by atomic mass is 10.1. The van der Waals surface area contributed by atoms with E-state index in [9.17, 15) is 5.11 Å². The van der Waals surface area contributed by atoms with Crippen molar-refractivity contribution >= 4 is 17.3 Å². The van der Waals surface area contributed by atoms with Crippen molar-refractivity contribution in [2.75, 3.05) is 12.4 Å². The van der Waals surface area contributed by atoms with Crippen molar-refractivity contribution in [2.45, 2.75) is 13.5 Å². The highest BCUT2D eigenvalue weighted by molar-refractivity contribution is 6.30. The van der Waals surface area contributed by atoms with E-state index in [1.165, 1.54) is 12.7 Å². The second kappa shape index (κ2) is 5.85.